The molecular formula is C20H23N5O3. The Bertz CT molecular complexity index is 1030. The number of aromatic nitrogens is 3. The molecule has 0 atom stereocenters. The lowest BCUT2D eigenvalue weighted by Crippen LogP contribution is -2.50. The maximum absolute atomic E-state index is 12.6. The molecule has 1 aliphatic rings. The zero-order valence-corrected chi connectivity index (χ0v) is 15.9. The molecule has 1 aromatic carbocycles. The zero-order chi connectivity index (χ0) is 19.5. The van der Waals surface area contributed by atoms with E-state index < -0.39 is 0 Å². The quantitative estimate of drug-likeness (QED) is 0.658. The van der Waals surface area contributed by atoms with Crippen molar-refractivity contribution in [2.75, 3.05) is 32.7 Å². The monoisotopic (exact) mass is 381 g/mol. The highest BCUT2D eigenvalue weighted by atomic mass is 16.5. The maximum atomic E-state index is 12.6. The van der Waals surface area contributed by atoms with Gasteiger partial charge in [-0.1, -0.05) is 17.3 Å². The van der Waals surface area contributed by atoms with E-state index in [1.165, 1.54) is 4.68 Å². The molecule has 8 nitrogen and oxygen atoms in total. The summed E-state index contributed by atoms with van der Waals surface area (Å²) >= 11 is 0. The first-order valence-electron chi connectivity index (χ1n) is 9.48. The Hall–Kier alpha value is -3.00. The molecule has 0 bridgehead atoms. The van der Waals surface area contributed by atoms with Gasteiger partial charge in [0.1, 0.15) is 5.69 Å². The van der Waals surface area contributed by atoms with Crippen LogP contribution in [-0.2, 0) is 17.8 Å². The van der Waals surface area contributed by atoms with Gasteiger partial charge in [-0.15, -0.1) is 0 Å². The fraction of sp³-hybridized carbons (Fsp3) is 0.400. The Kier molecular flexibility index (Phi) is 5.21. The highest BCUT2D eigenvalue weighted by Gasteiger charge is 2.22. The molecule has 146 valence electrons. The van der Waals surface area contributed by atoms with Crippen molar-refractivity contribution in [1.29, 1.82) is 0 Å². The predicted octanol–water partition coefficient (Wildman–Crippen LogP) is 1.08. The minimum atomic E-state index is -0.0840. The minimum Gasteiger partial charge on any atom is -0.356 e. The molecule has 8 heteroatoms. The molecule has 1 saturated heterocycles. The van der Waals surface area contributed by atoms with Gasteiger partial charge in [0, 0.05) is 44.2 Å². The molecule has 2 aromatic heterocycles. The van der Waals surface area contributed by atoms with Crippen LogP contribution in [0.3, 0.4) is 0 Å². The van der Waals surface area contributed by atoms with Crippen LogP contribution in [-0.4, -0.2) is 63.4 Å². The largest absolute Gasteiger partial charge is 0.356 e. The van der Waals surface area contributed by atoms with Crippen LogP contribution in [0.25, 0.3) is 11.0 Å². The van der Waals surface area contributed by atoms with Crippen LogP contribution in [0.4, 0.5) is 0 Å². The lowest BCUT2D eigenvalue weighted by molar-refractivity contribution is -0.132. The summed E-state index contributed by atoms with van der Waals surface area (Å²) in [6.45, 7) is 6.08. The molecular weight excluding hydrogens is 358 g/mol. The van der Waals surface area contributed by atoms with Crippen LogP contribution in [0.5, 0.6) is 0 Å². The minimum absolute atomic E-state index is 0.0651. The topological polar surface area (TPSA) is 84.5 Å². The summed E-state index contributed by atoms with van der Waals surface area (Å²) in [6.07, 6.45) is 0.250. The number of amides is 1. The van der Waals surface area contributed by atoms with E-state index in [2.05, 4.69) is 15.2 Å². The number of rotatable bonds is 5. The lowest BCUT2D eigenvalue weighted by atomic mass is 10.1. The third kappa shape index (κ3) is 3.96. The number of hydrogen-bond donors (Lipinski definition) is 0. The summed E-state index contributed by atoms with van der Waals surface area (Å²) in [5.41, 5.74) is 2.14. The zero-order valence-electron chi connectivity index (χ0n) is 15.9. The van der Waals surface area contributed by atoms with Crippen molar-refractivity contribution in [2.24, 2.45) is 0 Å². The first-order valence-corrected chi connectivity index (χ1v) is 9.48. The molecule has 1 fully saturated rings. The van der Waals surface area contributed by atoms with Crippen LogP contribution in [0.1, 0.15) is 11.4 Å². The molecule has 28 heavy (non-hydrogen) atoms. The van der Waals surface area contributed by atoms with Gasteiger partial charge in [0.05, 0.1) is 18.7 Å². The van der Waals surface area contributed by atoms with Gasteiger partial charge in [-0.25, -0.2) is 4.68 Å². The fourth-order valence-electron chi connectivity index (χ4n) is 3.49. The summed E-state index contributed by atoms with van der Waals surface area (Å²) in [7, 11) is 0. The Labute approximate surface area is 162 Å². The van der Waals surface area contributed by atoms with E-state index >= 15 is 0 Å². The molecule has 0 N–H and O–H groups in total. The molecule has 0 radical (unpaired) electrons. The highest BCUT2D eigenvalue weighted by Crippen LogP contribution is 2.19. The van der Waals surface area contributed by atoms with E-state index in [9.17, 15) is 9.59 Å². The normalized spacial score (nSPS) is 15.2. The maximum Gasteiger partial charge on any atom is 0.266 e. The summed E-state index contributed by atoms with van der Waals surface area (Å²) in [6, 6.07) is 10.9. The van der Waals surface area contributed by atoms with E-state index in [1.54, 1.807) is 12.1 Å². The molecule has 0 unspecified atom stereocenters. The number of benzene rings is 1. The van der Waals surface area contributed by atoms with Crippen LogP contribution < -0.4 is 5.56 Å². The van der Waals surface area contributed by atoms with Crippen molar-refractivity contribution >= 4 is 16.9 Å². The van der Waals surface area contributed by atoms with E-state index in [4.69, 9.17) is 4.52 Å². The second-order valence-corrected chi connectivity index (χ2v) is 7.06. The molecule has 0 aliphatic carbocycles. The molecule has 1 aliphatic heterocycles. The van der Waals surface area contributed by atoms with Crippen molar-refractivity contribution < 1.29 is 9.32 Å². The van der Waals surface area contributed by atoms with Gasteiger partial charge in [0.15, 0.2) is 5.58 Å². The first kappa shape index (κ1) is 18.4. The fourth-order valence-corrected chi connectivity index (χ4v) is 3.49. The number of para-hydroxylation sites is 1. The average molecular weight is 381 g/mol. The Morgan fingerprint density at radius 1 is 1.07 bits per heavy atom. The Balaban J connectivity index is 1.29. The number of carbonyl (C=O) groups is 1. The van der Waals surface area contributed by atoms with E-state index in [-0.39, 0.29) is 17.9 Å². The van der Waals surface area contributed by atoms with Crippen LogP contribution in [0, 0.1) is 6.92 Å². The van der Waals surface area contributed by atoms with Gasteiger partial charge in [0.25, 0.3) is 5.56 Å². The second-order valence-electron chi connectivity index (χ2n) is 7.06. The molecule has 1 amide bonds. The van der Waals surface area contributed by atoms with Crippen molar-refractivity contribution in [1.82, 2.24) is 24.7 Å². The predicted molar refractivity (Wildman–Crippen MR) is 104 cm³/mol. The van der Waals surface area contributed by atoms with Crippen LogP contribution in [0.15, 0.2) is 45.7 Å². The van der Waals surface area contributed by atoms with Gasteiger partial charge in [-0.05, 0) is 25.1 Å². The number of nitrogens with zero attached hydrogens (tertiary/aromatic N) is 5. The molecule has 4 rings (SSSR count). The van der Waals surface area contributed by atoms with Gasteiger partial charge in [-0.3, -0.25) is 14.5 Å². The van der Waals surface area contributed by atoms with E-state index in [1.807, 2.05) is 36.1 Å². The average Bonchev–Trinajstić information content (AvgIpc) is 3.12. The molecule has 0 saturated carbocycles. The van der Waals surface area contributed by atoms with Crippen molar-refractivity contribution in [3.63, 3.8) is 0 Å². The van der Waals surface area contributed by atoms with E-state index in [0.717, 1.165) is 30.7 Å². The number of hydrogen-bond acceptors (Lipinski definition) is 6. The molecule has 0 spiro atoms. The lowest BCUT2D eigenvalue weighted by Gasteiger charge is -2.34. The van der Waals surface area contributed by atoms with Crippen molar-refractivity contribution in [3.8, 4) is 0 Å². The van der Waals surface area contributed by atoms with Gasteiger partial charge < -0.3 is 9.42 Å². The standard InChI is InChI=1S/C20H23N5O3/c1-15-6-7-19(26)25(21-15)13-10-23-8-11-24(12-9-23)20(27)14-17-16-4-2-3-5-18(16)28-22-17/h2-7H,8-14H2,1H3. The Morgan fingerprint density at radius 3 is 2.68 bits per heavy atom. The van der Waals surface area contributed by atoms with Crippen LogP contribution in [0.2, 0.25) is 0 Å². The van der Waals surface area contributed by atoms with Gasteiger partial charge in [0.2, 0.25) is 5.91 Å². The van der Waals surface area contributed by atoms with Crippen molar-refractivity contribution in [2.45, 2.75) is 19.9 Å². The second kappa shape index (κ2) is 7.93. The van der Waals surface area contributed by atoms with E-state index in [0.29, 0.717) is 30.9 Å². The van der Waals surface area contributed by atoms with Gasteiger partial charge in [-0.2, -0.15) is 5.10 Å². The molecule has 3 heterocycles. The summed E-state index contributed by atoms with van der Waals surface area (Å²) in [5.74, 6) is 0.0651. The Morgan fingerprint density at radius 2 is 1.86 bits per heavy atom. The highest BCUT2D eigenvalue weighted by molar-refractivity contribution is 5.86. The smallest absolute Gasteiger partial charge is 0.266 e. The molecule has 3 aromatic rings. The van der Waals surface area contributed by atoms with Crippen LogP contribution >= 0.6 is 0 Å². The van der Waals surface area contributed by atoms with Crippen molar-refractivity contribution in [3.05, 3.63) is 58.1 Å². The summed E-state index contributed by atoms with van der Waals surface area (Å²) in [5, 5.41) is 9.21. The summed E-state index contributed by atoms with van der Waals surface area (Å²) < 4.78 is 6.79. The number of aryl methyl sites for hydroxylation is 1. The third-order valence-corrected chi connectivity index (χ3v) is 5.12. The van der Waals surface area contributed by atoms with Gasteiger partial charge >= 0.3 is 0 Å². The number of fused-ring (bicyclic) bond motifs is 1. The first-order chi connectivity index (χ1) is 13.6. The number of piperazine rings is 1. The SMILES string of the molecule is Cc1ccc(=O)n(CCN2CCN(C(=O)Cc3noc4ccccc34)CC2)n1. The summed E-state index contributed by atoms with van der Waals surface area (Å²) in [4.78, 5) is 28.6. The number of carbonyl (C=O) groups excluding carboxylic acids is 1. The third-order valence-electron chi connectivity index (χ3n) is 5.12.